The Labute approximate surface area is 74.7 Å². The van der Waals surface area contributed by atoms with Gasteiger partial charge in [0.05, 0.1) is 13.2 Å². The molecule has 1 rings (SSSR count). The van der Waals surface area contributed by atoms with Gasteiger partial charge in [0.2, 0.25) is 0 Å². The third kappa shape index (κ3) is 3.09. The highest BCUT2D eigenvalue weighted by atomic mass is 16.5. The molecule has 0 aromatic carbocycles. The zero-order chi connectivity index (χ0) is 8.81. The van der Waals surface area contributed by atoms with Gasteiger partial charge in [-0.1, -0.05) is 13.3 Å². The Bertz CT molecular complexity index is 119. The number of nitrogens with two attached hydrogens (primary N) is 1. The van der Waals surface area contributed by atoms with Crippen LogP contribution in [0.5, 0.6) is 0 Å². The summed E-state index contributed by atoms with van der Waals surface area (Å²) >= 11 is 0. The van der Waals surface area contributed by atoms with Gasteiger partial charge in [-0.25, -0.2) is 0 Å². The van der Waals surface area contributed by atoms with E-state index < -0.39 is 0 Å². The third-order valence-electron chi connectivity index (χ3n) is 2.36. The highest BCUT2D eigenvalue weighted by molar-refractivity contribution is 4.79. The first kappa shape index (κ1) is 9.96. The van der Waals surface area contributed by atoms with E-state index in [2.05, 4.69) is 12.2 Å². The highest BCUT2D eigenvalue weighted by Gasteiger charge is 2.23. The van der Waals surface area contributed by atoms with Gasteiger partial charge in [-0.15, -0.1) is 0 Å². The fraction of sp³-hybridized carbons (Fsp3) is 1.00. The zero-order valence-electron chi connectivity index (χ0n) is 7.88. The van der Waals surface area contributed by atoms with Gasteiger partial charge >= 0.3 is 0 Å². The topological polar surface area (TPSA) is 47.3 Å². The molecule has 0 saturated carbocycles. The summed E-state index contributed by atoms with van der Waals surface area (Å²) in [5, 5.41) is 3.40. The molecule has 0 radical (unpaired) electrons. The molecule has 1 heterocycles. The fourth-order valence-corrected chi connectivity index (χ4v) is 1.41. The smallest absolute Gasteiger partial charge is 0.0621 e. The van der Waals surface area contributed by atoms with E-state index in [0.717, 1.165) is 26.3 Å². The minimum atomic E-state index is 0.249. The summed E-state index contributed by atoms with van der Waals surface area (Å²) in [6.07, 6.45) is 2.50. The molecule has 0 spiro atoms. The highest BCUT2D eigenvalue weighted by Crippen LogP contribution is 2.09. The molecule has 3 nitrogen and oxygen atoms in total. The SMILES string of the molecule is CCCCNCC1COCC1N. The first-order chi connectivity index (χ1) is 5.84. The van der Waals surface area contributed by atoms with E-state index in [9.17, 15) is 0 Å². The molecule has 1 fully saturated rings. The van der Waals surface area contributed by atoms with Gasteiger partial charge < -0.3 is 15.8 Å². The van der Waals surface area contributed by atoms with Crippen molar-refractivity contribution in [3.8, 4) is 0 Å². The molecule has 1 aliphatic rings. The van der Waals surface area contributed by atoms with Crippen molar-refractivity contribution < 1.29 is 4.74 Å². The van der Waals surface area contributed by atoms with Crippen LogP contribution in [0.3, 0.4) is 0 Å². The summed E-state index contributed by atoms with van der Waals surface area (Å²) in [7, 11) is 0. The maximum Gasteiger partial charge on any atom is 0.0621 e. The summed E-state index contributed by atoms with van der Waals surface area (Å²) in [5.41, 5.74) is 5.83. The Hall–Kier alpha value is -0.120. The van der Waals surface area contributed by atoms with Gasteiger partial charge in [0, 0.05) is 18.5 Å². The van der Waals surface area contributed by atoms with Gasteiger partial charge in [0.15, 0.2) is 0 Å². The average molecular weight is 172 g/mol. The lowest BCUT2D eigenvalue weighted by molar-refractivity contribution is 0.184. The predicted molar refractivity (Wildman–Crippen MR) is 50.1 cm³/mol. The lowest BCUT2D eigenvalue weighted by Crippen LogP contribution is -2.36. The van der Waals surface area contributed by atoms with E-state index in [1.54, 1.807) is 0 Å². The van der Waals surface area contributed by atoms with E-state index in [4.69, 9.17) is 10.5 Å². The van der Waals surface area contributed by atoms with Crippen LogP contribution in [-0.4, -0.2) is 32.3 Å². The average Bonchev–Trinajstić information content (AvgIpc) is 2.46. The summed E-state index contributed by atoms with van der Waals surface area (Å²) in [4.78, 5) is 0. The number of hydrogen-bond acceptors (Lipinski definition) is 3. The molecule has 0 aliphatic carbocycles. The molecular formula is C9H20N2O. The molecule has 3 N–H and O–H groups in total. The lowest BCUT2D eigenvalue weighted by atomic mass is 10.1. The Morgan fingerprint density at radius 2 is 2.33 bits per heavy atom. The summed E-state index contributed by atoms with van der Waals surface area (Å²) < 4.78 is 5.26. The number of rotatable bonds is 5. The number of unbranched alkanes of at least 4 members (excludes halogenated alkanes) is 1. The largest absolute Gasteiger partial charge is 0.379 e. The Morgan fingerprint density at radius 1 is 1.50 bits per heavy atom. The van der Waals surface area contributed by atoms with Gasteiger partial charge in [0.1, 0.15) is 0 Å². The van der Waals surface area contributed by atoms with E-state index >= 15 is 0 Å². The van der Waals surface area contributed by atoms with E-state index in [0.29, 0.717) is 5.92 Å². The van der Waals surface area contributed by atoms with Crippen LogP contribution in [0.4, 0.5) is 0 Å². The van der Waals surface area contributed by atoms with Crippen LogP contribution < -0.4 is 11.1 Å². The van der Waals surface area contributed by atoms with Gasteiger partial charge in [-0.05, 0) is 13.0 Å². The Kier molecular flexibility index (Phi) is 4.58. The van der Waals surface area contributed by atoms with Crippen molar-refractivity contribution in [2.75, 3.05) is 26.3 Å². The van der Waals surface area contributed by atoms with Gasteiger partial charge in [-0.2, -0.15) is 0 Å². The van der Waals surface area contributed by atoms with E-state index in [1.807, 2.05) is 0 Å². The van der Waals surface area contributed by atoms with Crippen molar-refractivity contribution >= 4 is 0 Å². The van der Waals surface area contributed by atoms with Crippen LogP contribution in [0.2, 0.25) is 0 Å². The fourth-order valence-electron chi connectivity index (χ4n) is 1.41. The standard InChI is InChI=1S/C9H20N2O/c1-2-3-4-11-5-8-6-12-7-9(8)10/h8-9,11H,2-7,10H2,1H3. The van der Waals surface area contributed by atoms with Crippen molar-refractivity contribution in [1.82, 2.24) is 5.32 Å². The molecule has 0 amide bonds. The van der Waals surface area contributed by atoms with Crippen molar-refractivity contribution in [3.05, 3.63) is 0 Å². The van der Waals surface area contributed by atoms with Crippen LogP contribution in [0.25, 0.3) is 0 Å². The van der Waals surface area contributed by atoms with Gasteiger partial charge in [0.25, 0.3) is 0 Å². The first-order valence-electron chi connectivity index (χ1n) is 4.88. The van der Waals surface area contributed by atoms with Crippen LogP contribution in [-0.2, 0) is 4.74 Å². The molecule has 0 aromatic rings. The molecule has 3 heteroatoms. The monoisotopic (exact) mass is 172 g/mol. The van der Waals surface area contributed by atoms with E-state index in [1.165, 1.54) is 12.8 Å². The van der Waals surface area contributed by atoms with Gasteiger partial charge in [-0.3, -0.25) is 0 Å². The molecule has 12 heavy (non-hydrogen) atoms. The van der Waals surface area contributed by atoms with Crippen LogP contribution >= 0.6 is 0 Å². The van der Waals surface area contributed by atoms with Crippen molar-refractivity contribution in [3.63, 3.8) is 0 Å². The summed E-state index contributed by atoms with van der Waals surface area (Å²) in [5.74, 6) is 0.529. The molecule has 2 atom stereocenters. The first-order valence-corrected chi connectivity index (χ1v) is 4.88. The summed E-state index contributed by atoms with van der Waals surface area (Å²) in [6, 6.07) is 0.249. The number of nitrogens with one attached hydrogen (secondary N) is 1. The van der Waals surface area contributed by atoms with Crippen molar-refractivity contribution in [2.24, 2.45) is 11.7 Å². The van der Waals surface area contributed by atoms with Crippen LogP contribution in [0.15, 0.2) is 0 Å². The molecule has 1 saturated heterocycles. The maximum absolute atomic E-state index is 5.83. The molecule has 72 valence electrons. The minimum absolute atomic E-state index is 0.249. The Morgan fingerprint density at radius 3 is 2.92 bits per heavy atom. The number of hydrogen-bond donors (Lipinski definition) is 2. The van der Waals surface area contributed by atoms with Crippen molar-refractivity contribution in [1.29, 1.82) is 0 Å². The van der Waals surface area contributed by atoms with Crippen LogP contribution in [0.1, 0.15) is 19.8 Å². The maximum atomic E-state index is 5.83. The summed E-state index contributed by atoms with van der Waals surface area (Å²) in [6.45, 7) is 5.90. The Balaban J connectivity index is 1.98. The second kappa shape index (κ2) is 5.51. The quantitative estimate of drug-likeness (QED) is 0.588. The van der Waals surface area contributed by atoms with Crippen LogP contribution in [0, 0.1) is 5.92 Å². The zero-order valence-corrected chi connectivity index (χ0v) is 7.88. The number of ether oxygens (including phenoxy) is 1. The third-order valence-corrected chi connectivity index (χ3v) is 2.36. The molecular weight excluding hydrogens is 152 g/mol. The molecule has 0 aromatic heterocycles. The minimum Gasteiger partial charge on any atom is -0.379 e. The van der Waals surface area contributed by atoms with E-state index in [-0.39, 0.29) is 6.04 Å². The second-order valence-corrected chi connectivity index (χ2v) is 3.52. The van der Waals surface area contributed by atoms with Crippen molar-refractivity contribution in [2.45, 2.75) is 25.8 Å². The normalized spacial score (nSPS) is 29.5. The molecule has 1 aliphatic heterocycles. The second-order valence-electron chi connectivity index (χ2n) is 3.52. The lowest BCUT2D eigenvalue weighted by Gasteiger charge is -2.13. The predicted octanol–water partition coefficient (Wildman–Crippen LogP) is 0.350. The molecule has 2 unspecified atom stereocenters. The molecule has 0 bridgehead atoms.